The zero-order valence-electron chi connectivity index (χ0n) is 7.47. The molecule has 0 unspecified atom stereocenters. The van der Waals surface area contributed by atoms with Crippen molar-refractivity contribution >= 4 is 33.0 Å². The molecule has 70 valence electrons. The summed E-state index contributed by atoms with van der Waals surface area (Å²) in [4.78, 5) is 12.4. The van der Waals surface area contributed by atoms with Crippen LogP contribution in [0.25, 0.3) is 0 Å². The Balaban J connectivity index is 2.59. The summed E-state index contributed by atoms with van der Waals surface area (Å²) in [7, 11) is 0. The van der Waals surface area contributed by atoms with E-state index in [1.165, 1.54) is 11.3 Å². The molecule has 1 nitrogen and oxygen atoms in total. The van der Waals surface area contributed by atoms with Gasteiger partial charge in [0, 0.05) is 10.9 Å². The van der Waals surface area contributed by atoms with E-state index in [1.807, 2.05) is 18.4 Å². The maximum absolute atomic E-state index is 11.6. The number of halogens is 1. The maximum Gasteiger partial charge on any atom is 0.174 e. The first-order valence-corrected chi connectivity index (χ1v) is 5.69. The molecule has 0 amide bonds. The average Bonchev–Trinajstić information content (AvgIpc) is 2.47. The minimum atomic E-state index is 0.199. The Hall–Kier alpha value is -0.410. The SMILES string of the molecule is C=C(C)CCC(=O)c1sccc1Br. The molecular formula is C10H11BrOS. The first-order valence-electron chi connectivity index (χ1n) is 4.02. The van der Waals surface area contributed by atoms with Crippen molar-refractivity contribution in [3.05, 3.63) is 32.9 Å². The molecule has 13 heavy (non-hydrogen) atoms. The van der Waals surface area contributed by atoms with Gasteiger partial charge in [-0.3, -0.25) is 4.79 Å². The van der Waals surface area contributed by atoms with E-state index in [2.05, 4.69) is 22.5 Å². The minimum Gasteiger partial charge on any atom is -0.293 e. The number of hydrogen-bond acceptors (Lipinski definition) is 2. The van der Waals surface area contributed by atoms with Crippen LogP contribution < -0.4 is 0 Å². The molecule has 0 atom stereocenters. The molecule has 0 aromatic carbocycles. The summed E-state index contributed by atoms with van der Waals surface area (Å²) in [5.74, 6) is 0.199. The second-order valence-electron chi connectivity index (χ2n) is 2.98. The standard InChI is InChI=1S/C10H11BrOS/c1-7(2)3-4-9(12)10-8(11)5-6-13-10/h5-6H,1,3-4H2,2H3. The third-order valence-corrected chi connectivity index (χ3v) is 3.53. The number of Topliss-reactive ketones (excluding diaryl/α,β-unsaturated/α-hetero) is 1. The van der Waals surface area contributed by atoms with E-state index in [1.54, 1.807) is 0 Å². The Bertz CT molecular complexity index is 327. The molecule has 1 aromatic rings. The highest BCUT2D eigenvalue weighted by molar-refractivity contribution is 9.10. The fourth-order valence-electron chi connectivity index (χ4n) is 0.933. The maximum atomic E-state index is 11.6. The van der Waals surface area contributed by atoms with Crippen molar-refractivity contribution in [2.75, 3.05) is 0 Å². The second kappa shape index (κ2) is 4.72. The predicted octanol–water partition coefficient (Wildman–Crippen LogP) is 4.05. The summed E-state index contributed by atoms with van der Waals surface area (Å²) in [5.41, 5.74) is 1.06. The minimum absolute atomic E-state index is 0.199. The second-order valence-corrected chi connectivity index (χ2v) is 4.75. The quantitative estimate of drug-likeness (QED) is 0.589. The lowest BCUT2D eigenvalue weighted by atomic mass is 10.1. The number of allylic oxidation sites excluding steroid dienone is 1. The molecule has 0 bridgehead atoms. The highest BCUT2D eigenvalue weighted by Crippen LogP contribution is 2.24. The number of thiophene rings is 1. The summed E-state index contributed by atoms with van der Waals surface area (Å²) < 4.78 is 0.907. The molecular weight excluding hydrogens is 248 g/mol. The molecule has 1 heterocycles. The zero-order chi connectivity index (χ0) is 9.84. The fraction of sp³-hybridized carbons (Fsp3) is 0.300. The smallest absolute Gasteiger partial charge is 0.174 e. The van der Waals surface area contributed by atoms with Gasteiger partial charge in [0.2, 0.25) is 0 Å². The van der Waals surface area contributed by atoms with Crippen LogP contribution in [-0.2, 0) is 0 Å². The van der Waals surface area contributed by atoms with E-state index in [0.717, 1.165) is 21.3 Å². The van der Waals surface area contributed by atoms with Gasteiger partial charge in [-0.1, -0.05) is 5.57 Å². The van der Waals surface area contributed by atoms with Crippen LogP contribution in [0.5, 0.6) is 0 Å². The Kier molecular flexibility index (Phi) is 3.88. The van der Waals surface area contributed by atoms with E-state index in [9.17, 15) is 4.79 Å². The van der Waals surface area contributed by atoms with Crippen LogP contribution in [0.2, 0.25) is 0 Å². The number of hydrogen-bond donors (Lipinski definition) is 0. The third kappa shape index (κ3) is 3.08. The first kappa shape index (κ1) is 10.7. The summed E-state index contributed by atoms with van der Waals surface area (Å²) in [6.45, 7) is 5.71. The van der Waals surface area contributed by atoms with Crippen LogP contribution >= 0.6 is 27.3 Å². The van der Waals surface area contributed by atoms with Crippen LogP contribution in [0.3, 0.4) is 0 Å². The predicted molar refractivity (Wildman–Crippen MR) is 60.4 cm³/mol. The summed E-state index contributed by atoms with van der Waals surface area (Å²) in [6.07, 6.45) is 1.34. The number of ketones is 1. The lowest BCUT2D eigenvalue weighted by Crippen LogP contribution is -1.96. The van der Waals surface area contributed by atoms with E-state index in [-0.39, 0.29) is 5.78 Å². The van der Waals surface area contributed by atoms with Gasteiger partial charge in [0.1, 0.15) is 0 Å². The van der Waals surface area contributed by atoms with Crippen molar-refractivity contribution in [2.45, 2.75) is 19.8 Å². The first-order chi connectivity index (χ1) is 6.11. The molecule has 0 spiro atoms. The van der Waals surface area contributed by atoms with Crippen LogP contribution in [0.4, 0.5) is 0 Å². The van der Waals surface area contributed by atoms with E-state index >= 15 is 0 Å². The normalized spacial score (nSPS) is 10.0. The van der Waals surface area contributed by atoms with Gasteiger partial charge in [-0.25, -0.2) is 0 Å². The molecule has 0 aliphatic heterocycles. The highest BCUT2D eigenvalue weighted by atomic mass is 79.9. The van der Waals surface area contributed by atoms with Gasteiger partial charge in [0.25, 0.3) is 0 Å². The van der Waals surface area contributed by atoms with E-state index in [4.69, 9.17) is 0 Å². The summed E-state index contributed by atoms with van der Waals surface area (Å²) in [5, 5.41) is 1.91. The fourth-order valence-corrected chi connectivity index (χ4v) is 2.50. The Morgan fingerprint density at radius 2 is 2.31 bits per heavy atom. The molecule has 0 saturated carbocycles. The molecule has 1 aromatic heterocycles. The Morgan fingerprint density at radius 3 is 2.77 bits per heavy atom. The average molecular weight is 259 g/mol. The molecule has 0 N–H and O–H groups in total. The lowest BCUT2D eigenvalue weighted by Gasteiger charge is -1.98. The van der Waals surface area contributed by atoms with Gasteiger partial charge < -0.3 is 0 Å². The van der Waals surface area contributed by atoms with Crippen molar-refractivity contribution in [3.63, 3.8) is 0 Å². The molecule has 1 rings (SSSR count). The summed E-state index contributed by atoms with van der Waals surface area (Å²) in [6, 6.07) is 1.90. The van der Waals surface area contributed by atoms with Crippen LogP contribution in [-0.4, -0.2) is 5.78 Å². The van der Waals surface area contributed by atoms with Crippen LogP contribution in [0, 0.1) is 0 Å². The van der Waals surface area contributed by atoms with E-state index < -0.39 is 0 Å². The van der Waals surface area contributed by atoms with Gasteiger partial charge in [0.15, 0.2) is 5.78 Å². The monoisotopic (exact) mass is 258 g/mol. The molecule has 0 fully saturated rings. The molecule has 0 saturated heterocycles. The Labute approximate surface area is 90.6 Å². The van der Waals surface area contributed by atoms with Crippen molar-refractivity contribution in [1.82, 2.24) is 0 Å². The van der Waals surface area contributed by atoms with Gasteiger partial charge in [-0.2, -0.15) is 0 Å². The van der Waals surface area contributed by atoms with Crippen molar-refractivity contribution in [3.8, 4) is 0 Å². The molecule has 3 heteroatoms. The Morgan fingerprint density at radius 1 is 1.62 bits per heavy atom. The van der Waals surface area contributed by atoms with Gasteiger partial charge in [-0.15, -0.1) is 17.9 Å². The van der Waals surface area contributed by atoms with Crippen LogP contribution in [0.1, 0.15) is 29.4 Å². The van der Waals surface area contributed by atoms with Crippen molar-refractivity contribution in [1.29, 1.82) is 0 Å². The molecule has 0 aliphatic rings. The van der Waals surface area contributed by atoms with Gasteiger partial charge in [0.05, 0.1) is 4.88 Å². The lowest BCUT2D eigenvalue weighted by molar-refractivity contribution is 0.0986. The molecule has 0 aliphatic carbocycles. The zero-order valence-corrected chi connectivity index (χ0v) is 9.87. The summed E-state index contributed by atoms with van der Waals surface area (Å²) >= 11 is 4.82. The van der Waals surface area contributed by atoms with Gasteiger partial charge in [-0.05, 0) is 40.7 Å². The molecule has 0 radical (unpaired) electrons. The van der Waals surface area contributed by atoms with Gasteiger partial charge >= 0.3 is 0 Å². The topological polar surface area (TPSA) is 17.1 Å². The largest absolute Gasteiger partial charge is 0.293 e. The van der Waals surface area contributed by atoms with Crippen LogP contribution in [0.15, 0.2) is 28.1 Å². The third-order valence-electron chi connectivity index (χ3n) is 1.65. The number of rotatable bonds is 4. The van der Waals surface area contributed by atoms with E-state index in [0.29, 0.717) is 6.42 Å². The number of carbonyl (C=O) groups excluding carboxylic acids is 1. The van der Waals surface area contributed by atoms with Crippen molar-refractivity contribution < 1.29 is 4.79 Å². The van der Waals surface area contributed by atoms with Crippen molar-refractivity contribution in [2.24, 2.45) is 0 Å². The number of carbonyl (C=O) groups is 1. The highest BCUT2D eigenvalue weighted by Gasteiger charge is 2.10.